The van der Waals surface area contributed by atoms with Gasteiger partial charge in [-0.15, -0.1) is 0 Å². The number of carbonyl (C=O) groups is 1. The normalized spacial score (nSPS) is 11.4. The topological polar surface area (TPSA) is 35.5 Å². The molecule has 3 nitrogen and oxygen atoms in total. The number of benzene rings is 1. The van der Waals surface area contributed by atoms with Gasteiger partial charge in [0.2, 0.25) is 0 Å². The monoisotopic (exact) mass is 276 g/mol. The second-order valence-corrected chi connectivity index (χ2v) is 4.04. The first-order valence-electron chi connectivity index (χ1n) is 5.66. The van der Waals surface area contributed by atoms with Gasteiger partial charge in [-0.3, -0.25) is 4.79 Å². The number of ketones is 1. The molecule has 0 aliphatic rings. The van der Waals surface area contributed by atoms with Gasteiger partial charge in [0.1, 0.15) is 12.4 Å². The van der Waals surface area contributed by atoms with Crippen LogP contribution in [0.25, 0.3) is 0 Å². The van der Waals surface area contributed by atoms with E-state index >= 15 is 0 Å². The number of halogens is 3. The smallest absolute Gasteiger partial charge is 0.391 e. The van der Waals surface area contributed by atoms with E-state index < -0.39 is 31.6 Å². The van der Waals surface area contributed by atoms with Gasteiger partial charge < -0.3 is 9.47 Å². The number of hydrogen-bond donors (Lipinski definition) is 0. The molecule has 0 N–H and O–H groups in total. The van der Waals surface area contributed by atoms with Crippen molar-refractivity contribution in [2.24, 2.45) is 0 Å². The van der Waals surface area contributed by atoms with Gasteiger partial charge in [-0.1, -0.05) is 6.07 Å². The van der Waals surface area contributed by atoms with E-state index in [0.717, 1.165) is 5.56 Å². The van der Waals surface area contributed by atoms with Crippen LogP contribution in [-0.4, -0.2) is 32.3 Å². The molecule has 0 aliphatic carbocycles. The summed E-state index contributed by atoms with van der Waals surface area (Å²) in [5.74, 6) is -0.0107. The lowest BCUT2D eigenvalue weighted by Gasteiger charge is -2.10. The van der Waals surface area contributed by atoms with E-state index in [0.29, 0.717) is 11.3 Å². The Balaban J connectivity index is 2.54. The fourth-order valence-corrected chi connectivity index (χ4v) is 1.46. The Morgan fingerprint density at radius 2 is 2.00 bits per heavy atom. The molecule has 6 heteroatoms. The molecule has 19 heavy (non-hydrogen) atoms. The number of methoxy groups -OCH3 is 1. The molecule has 0 radical (unpaired) electrons. The highest BCUT2D eigenvalue weighted by Gasteiger charge is 2.26. The van der Waals surface area contributed by atoms with Crippen molar-refractivity contribution in [3.63, 3.8) is 0 Å². The molecular formula is C13H15F3O3. The second kappa shape index (κ2) is 6.56. The highest BCUT2D eigenvalue weighted by Crippen LogP contribution is 2.21. The standard InChI is InChI=1S/C13H15F3O3/c1-9-3-4-10(12(7-9)18-2)11(17)8-19-6-5-13(14,15)16/h3-4,7H,5-6,8H2,1-2H3. The van der Waals surface area contributed by atoms with Gasteiger partial charge in [0.25, 0.3) is 0 Å². The van der Waals surface area contributed by atoms with Gasteiger partial charge in [0, 0.05) is 0 Å². The first-order chi connectivity index (χ1) is 8.83. The maximum Gasteiger partial charge on any atom is 0.391 e. The van der Waals surface area contributed by atoms with Crippen molar-refractivity contribution in [1.29, 1.82) is 0 Å². The zero-order valence-corrected chi connectivity index (χ0v) is 10.7. The van der Waals surface area contributed by atoms with Gasteiger partial charge in [-0.2, -0.15) is 13.2 Å². The van der Waals surface area contributed by atoms with Gasteiger partial charge in [-0.25, -0.2) is 0 Å². The summed E-state index contributed by atoms with van der Waals surface area (Å²) in [6.07, 6.45) is -5.34. The van der Waals surface area contributed by atoms with Crippen molar-refractivity contribution in [2.45, 2.75) is 19.5 Å². The summed E-state index contributed by atoms with van der Waals surface area (Å²) in [5.41, 5.74) is 1.23. The third-order valence-corrected chi connectivity index (χ3v) is 2.42. The molecule has 0 unspecified atom stereocenters. The molecule has 0 bridgehead atoms. The van der Waals surface area contributed by atoms with E-state index in [1.54, 1.807) is 18.2 Å². The molecule has 1 rings (SSSR count). The molecule has 0 saturated heterocycles. The summed E-state index contributed by atoms with van der Waals surface area (Å²) in [6.45, 7) is 0.926. The quantitative estimate of drug-likeness (QED) is 0.591. The predicted octanol–water partition coefficient (Wildman–Crippen LogP) is 3.16. The average Bonchev–Trinajstić information content (AvgIpc) is 2.33. The van der Waals surface area contributed by atoms with Crippen molar-refractivity contribution in [1.82, 2.24) is 0 Å². The minimum absolute atomic E-state index is 0.306. The molecule has 0 fully saturated rings. The Morgan fingerprint density at radius 3 is 2.58 bits per heavy atom. The molecule has 0 atom stereocenters. The molecule has 0 spiro atoms. The molecule has 0 amide bonds. The summed E-state index contributed by atoms with van der Waals surface area (Å²) < 4.78 is 45.4. The molecule has 1 aromatic rings. The highest BCUT2D eigenvalue weighted by atomic mass is 19.4. The lowest BCUT2D eigenvalue weighted by molar-refractivity contribution is -0.144. The third kappa shape index (κ3) is 5.30. The molecule has 0 saturated carbocycles. The number of alkyl halides is 3. The largest absolute Gasteiger partial charge is 0.496 e. The first-order valence-corrected chi connectivity index (χ1v) is 5.66. The zero-order valence-electron chi connectivity index (χ0n) is 10.7. The predicted molar refractivity (Wildman–Crippen MR) is 63.6 cm³/mol. The van der Waals surface area contributed by atoms with Crippen LogP contribution in [-0.2, 0) is 4.74 Å². The molecule has 1 aromatic carbocycles. The van der Waals surface area contributed by atoms with Crippen molar-refractivity contribution >= 4 is 5.78 Å². The van der Waals surface area contributed by atoms with E-state index in [4.69, 9.17) is 9.47 Å². The number of rotatable bonds is 6. The van der Waals surface area contributed by atoms with Crippen molar-refractivity contribution in [3.05, 3.63) is 29.3 Å². The fraction of sp³-hybridized carbons (Fsp3) is 0.462. The number of aryl methyl sites for hydroxylation is 1. The van der Waals surface area contributed by atoms with Crippen LogP contribution in [0, 0.1) is 6.92 Å². The van der Waals surface area contributed by atoms with Crippen LogP contribution in [0.15, 0.2) is 18.2 Å². The Labute approximate surface area is 109 Å². The Kier molecular flexibility index (Phi) is 5.35. The average molecular weight is 276 g/mol. The minimum Gasteiger partial charge on any atom is -0.496 e. The zero-order chi connectivity index (χ0) is 14.5. The van der Waals surface area contributed by atoms with Crippen LogP contribution < -0.4 is 4.74 Å². The number of carbonyl (C=O) groups excluding carboxylic acids is 1. The molecule has 0 aromatic heterocycles. The van der Waals surface area contributed by atoms with Gasteiger partial charge in [0.15, 0.2) is 5.78 Å². The SMILES string of the molecule is COc1cc(C)ccc1C(=O)COCCC(F)(F)F. The van der Waals surface area contributed by atoms with Gasteiger partial charge in [0.05, 0.1) is 25.7 Å². The molecule has 0 aliphatic heterocycles. The maximum atomic E-state index is 11.9. The van der Waals surface area contributed by atoms with E-state index in [9.17, 15) is 18.0 Å². The van der Waals surface area contributed by atoms with Crippen LogP contribution in [0.4, 0.5) is 13.2 Å². The van der Waals surface area contributed by atoms with Crippen molar-refractivity contribution in [2.75, 3.05) is 20.3 Å². The molecular weight excluding hydrogens is 261 g/mol. The Morgan fingerprint density at radius 1 is 1.32 bits per heavy atom. The minimum atomic E-state index is -4.27. The van der Waals surface area contributed by atoms with Crippen LogP contribution in [0.3, 0.4) is 0 Å². The van der Waals surface area contributed by atoms with Crippen LogP contribution in [0.2, 0.25) is 0 Å². The van der Waals surface area contributed by atoms with E-state index in [1.165, 1.54) is 7.11 Å². The van der Waals surface area contributed by atoms with Gasteiger partial charge >= 0.3 is 6.18 Å². The highest BCUT2D eigenvalue weighted by molar-refractivity contribution is 5.99. The number of ether oxygens (including phenoxy) is 2. The number of hydrogen-bond acceptors (Lipinski definition) is 3. The summed E-state index contributed by atoms with van der Waals surface area (Å²) in [7, 11) is 1.43. The lowest BCUT2D eigenvalue weighted by Crippen LogP contribution is -2.15. The lowest BCUT2D eigenvalue weighted by atomic mass is 10.1. The Bertz CT molecular complexity index is 441. The summed E-state index contributed by atoms with van der Waals surface area (Å²) in [5, 5.41) is 0. The second-order valence-electron chi connectivity index (χ2n) is 4.04. The van der Waals surface area contributed by atoms with E-state index in [2.05, 4.69) is 0 Å². The molecule has 106 valence electrons. The van der Waals surface area contributed by atoms with Crippen molar-refractivity contribution < 1.29 is 27.4 Å². The summed E-state index contributed by atoms with van der Waals surface area (Å²) >= 11 is 0. The maximum absolute atomic E-state index is 11.9. The van der Waals surface area contributed by atoms with Crippen LogP contribution in [0.5, 0.6) is 5.75 Å². The summed E-state index contributed by atoms with van der Waals surface area (Å²) in [6, 6.07) is 4.98. The van der Waals surface area contributed by atoms with E-state index in [1.807, 2.05) is 6.92 Å². The first kappa shape index (κ1) is 15.5. The fourth-order valence-electron chi connectivity index (χ4n) is 1.46. The van der Waals surface area contributed by atoms with Crippen molar-refractivity contribution in [3.8, 4) is 5.75 Å². The Hall–Kier alpha value is -1.56. The third-order valence-electron chi connectivity index (χ3n) is 2.42. The number of Topliss-reactive ketones (excluding diaryl/α,β-unsaturated/α-hetero) is 1. The van der Waals surface area contributed by atoms with E-state index in [-0.39, 0.29) is 0 Å². The van der Waals surface area contributed by atoms with Crippen LogP contribution in [0.1, 0.15) is 22.3 Å². The summed E-state index contributed by atoms with van der Waals surface area (Å²) in [4.78, 5) is 11.8. The van der Waals surface area contributed by atoms with Gasteiger partial charge in [-0.05, 0) is 24.6 Å². The molecule has 0 heterocycles. The van der Waals surface area contributed by atoms with Crippen LogP contribution >= 0.6 is 0 Å².